The topological polar surface area (TPSA) is 78.9 Å². The molecule has 0 heterocycles. The quantitative estimate of drug-likeness (QED) is 0.0261. The van der Waals surface area contributed by atoms with Gasteiger partial charge in [-0.1, -0.05) is 275 Å². The number of carbonyl (C=O) groups is 3. The number of ether oxygens (including phenoxy) is 3. The molecule has 462 valence electrons. The van der Waals surface area contributed by atoms with Crippen molar-refractivity contribution in [2.75, 3.05) is 13.2 Å². The molecule has 0 saturated heterocycles. The molecule has 0 radical (unpaired) electrons. The van der Waals surface area contributed by atoms with Crippen LogP contribution in [0.2, 0.25) is 0 Å². The summed E-state index contributed by atoms with van der Waals surface area (Å²) in [5.74, 6) is -0.968. The Balaban J connectivity index is 4.48. The lowest BCUT2D eigenvalue weighted by atomic mass is 10.1. The van der Waals surface area contributed by atoms with E-state index in [1.165, 1.54) is 89.9 Å². The Labute approximate surface area is 505 Å². The third-order valence-electron chi connectivity index (χ3n) is 13.7. The van der Waals surface area contributed by atoms with Gasteiger partial charge >= 0.3 is 17.9 Å². The molecule has 0 N–H and O–H groups in total. The Morgan fingerprint density at radius 1 is 0.256 bits per heavy atom. The maximum atomic E-state index is 12.9. The highest BCUT2D eigenvalue weighted by atomic mass is 16.6. The Bertz CT molecular complexity index is 1830. The van der Waals surface area contributed by atoms with Gasteiger partial charge in [-0.25, -0.2) is 0 Å². The van der Waals surface area contributed by atoms with E-state index in [0.717, 1.165) is 148 Å². The Kier molecular flexibility index (Phi) is 64.4. The smallest absolute Gasteiger partial charge is 0.306 e. The summed E-state index contributed by atoms with van der Waals surface area (Å²) in [5.41, 5.74) is 0. The van der Waals surface area contributed by atoms with Crippen LogP contribution in [0, 0.1) is 0 Å². The van der Waals surface area contributed by atoms with Gasteiger partial charge in [0.2, 0.25) is 0 Å². The first kappa shape index (κ1) is 77.0. The van der Waals surface area contributed by atoms with Crippen LogP contribution in [0.3, 0.4) is 0 Å². The molecule has 0 spiro atoms. The number of unbranched alkanes of at least 4 members (excludes halogenated alkanes) is 22. The Morgan fingerprint density at radius 2 is 0.476 bits per heavy atom. The predicted octanol–water partition coefficient (Wildman–Crippen LogP) is 23.3. The summed E-state index contributed by atoms with van der Waals surface area (Å²) in [6, 6.07) is 0. The minimum Gasteiger partial charge on any atom is -0.462 e. The number of rotatable bonds is 59. The van der Waals surface area contributed by atoms with Gasteiger partial charge in [0, 0.05) is 19.3 Å². The summed E-state index contributed by atoms with van der Waals surface area (Å²) in [6.45, 7) is 6.37. The van der Waals surface area contributed by atoms with Crippen LogP contribution >= 0.6 is 0 Å². The van der Waals surface area contributed by atoms with Gasteiger partial charge in [-0.15, -0.1) is 0 Å². The molecule has 0 aromatic heterocycles. The fourth-order valence-corrected chi connectivity index (χ4v) is 8.80. The van der Waals surface area contributed by atoms with Gasteiger partial charge in [0.25, 0.3) is 0 Å². The standard InChI is InChI=1S/C76H122O6/c1-4-7-10-13-16-19-22-25-28-31-33-35-36-37-38-39-40-42-43-45-48-51-54-57-60-63-66-69-75(78)81-72-73(71-80-74(77)68-65-62-59-56-53-50-47-30-27-24-21-18-15-12-9-6-3)82-76(79)70-67-64-61-58-55-52-49-46-44-41-34-32-29-26-23-20-17-14-11-8-5-2/h7-8,10-11,16-17,19-20,25-26,28-30,33-35,37-38,40-42,46-47,49,55,58,73H,4-6,9,12-15,18,21-24,27,31-32,36,39,43-45,48,50-54,56-57,59-72H2,1-3H3/b10-7-,11-8-,19-16-,20-17-,28-25-,29-26-,35-33-,38-37-,41-34-,42-40-,47-30-,49-46-,58-55-. The van der Waals surface area contributed by atoms with E-state index in [1.807, 2.05) is 0 Å². The zero-order valence-electron chi connectivity index (χ0n) is 52.9. The summed E-state index contributed by atoms with van der Waals surface area (Å²) < 4.78 is 16.9. The van der Waals surface area contributed by atoms with Crippen LogP contribution < -0.4 is 0 Å². The van der Waals surface area contributed by atoms with Crippen molar-refractivity contribution in [2.45, 2.75) is 290 Å². The molecule has 0 aliphatic carbocycles. The van der Waals surface area contributed by atoms with Crippen LogP contribution in [0.4, 0.5) is 0 Å². The second-order valence-corrected chi connectivity index (χ2v) is 21.6. The van der Waals surface area contributed by atoms with Crippen molar-refractivity contribution in [2.24, 2.45) is 0 Å². The molecule has 0 saturated carbocycles. The summed E-state index contributed by atoms with van der Waals surface area (Å²) in [7, 11) is 0. The fraction of sp³-hybridized carbons (Fsp3) is 0.618. The molecular formula is C76H122O6. The molecule has 0 amide bonds. The minimum atomic E-state index is -0.818. The zero-order chi connectivity index (χ0) is 59.2. The van der Waals surface area contributed by atoms with Crippen LogP contribution in [0.15, 0.2) is 158 Å². The molecule has 0 aliphatic heterocycles. The molecule has 0 aromatic rings. The maximum Gasteiger partial charge on any atom is 0.306 e. The van der Waals surface area contributed by atoms with Gasteiger partial charge in [-0.2, -0.15) is 0 Å². The monoisotopic (exact) mass is 1130 g/mol. The van der Waals surface area contributed by atoms with E-state index in [0.29, 0.717) is 19.3 Å². The normalized spacial score (nSPS) is 13.2. The fourth-order valence-electron chi connectivity index (χ4n) is 8.80. The summed E-state index contributed by atoms with van der Waals surface area (Å²) in [5, 5.41) is 0. The second-order valence-electron chi connectivity index (χ2n) is 21.6. The van der Waals surface area contributed by atoms with E-state index in [2.05, 4.69) is 179 Å². The van der Waals surface area contributed by atoms with Gasteiger partial charge in [0.15, 0.2) is 6.10 Å². The summed E-state index contributed by atoms with van der Waals surface area (Å²) in [4.78, 5) is 38.4. The molecule has 0 bridgehead atoms. The van der Waals surface area contributed by atoms with Crippen molar-refractivity contribution in [3.05, 3.63) is 158 Å². The molecule has 82 heavy (non-hydrogen) atoms. The van der Waals surface area contributed by atoms with Crippen LogP contribution in [-0.2, 0) is 28.6 Å². The number of carbonyl (C=O) groups excluding carboxylic acids is 3. The van der Waals surface area contributed by atoms with E-state index in [-0.39, 0.29) is 37.5 Å². The van der Waals surface area contributed by atoms with Crippen LogP contribution in [0.1, 0.15) is 284 Å². The molecule has 0 rings (SSSR count). The number of hydrogen-bond acceptors (Lipinski definition) is 6. The molecule has 6 heteroatoms. The largest absolute Gasteiger partial charge is 0.462 e. The molecule has 0 aliphatic rings. The first-order chi connectivity index (χ1) is 40.5. The van der Waals surface area contributed by atoms with E-state index >= 15 is 0 Å². The predicted molar refractivity (Wildman–Crippen MR) is 357 cm³/mol. The van der Waals surface area contributed by atoms with Crippen molar-refractivity contribution in [3.8, 4) is 0 Å². The van der Waals surface area contributed by atoms with Crippen molar-refractivity contribution in [3.63, 3.8) is 0 Å². The average molecular weight is 1130 g/mol. The average Bonchev–Trinajstić information content (AvgIpc) is 3.47. The maximum absolute atomic E-state index is 12.9. The SMILES string of the molecule is CC/C=C\C/C=C\C/C=C\C/C=C\C/C=C\C/C=C\CCCCCCCCCCC(=O)OCC(COC(=O)CCCCCCC/C=C\CCCCCCCCC)OC(=O)CCCC/C=C\C/C=C\C/C=C\C/C=C\C/C=C\C/C=C\CC. The molecule has 0 fully saturated rings. The highest BCUT2D eigenvalue weighted by molar-refractivity contribution is 5.71. The third kappa shape index (κ3) is 65.8. The number of hydrogen-bond donors (Lipinski definition) is 0. The molecule has 0 aromatic carbocycles. The molecule has 1 unspecified atom stereocenters. The van der Waals surface area contributed by atoms with Crippen molar-refractivity contribution >= 4 is 17.9 Å². The first-order valence-electron chi connectivity index (χ1n) is 33.5. The highest BCUT2D eigenvalue weighted by Gasteiger charge is 2.19. The number of allylic oxidation sites excluding steroid dienone is 26. The van der Waals surface area contributed by atoms with E-state index in [4.69, 9.17) is 14.2 Å². The van der Waals surface area contributed by atoms with E-state index < -0.39 is 6.10 Å². The lowest BCUT2D eigenvalue weighted by molar-refractivity contribution is -0.167. The van der Waals surface area contributed by atoms with Crippen LogP contribution in [0.25, 0.3) is 0 Å². The summed E-state index contributed by atoms with van der Waals surface area (Å²) >= 11 is 0. The van der Waals surface area contributed by atoms with Crippen molar-refractivity contribution in [1.29, 1.82) is 0 Å². The third-order valence-corrected chi connectivity index (χ3v) is 13.7. The Hall–Kier alpha value is -4.97. The van der Waals surface area contributed by atoms with Gasteiger partial charge in [-0.3, -0.25) is 14.4 Å². The zero-order valence-corrected chi connectivity index (χ0v) is 52.9. The number of esters is 3. The van der Waals surface area contributed by atoms with Crippen molar-refractivity contribution in [1.82, 2.24) is 0 Å². The minimum absolute atomic E-state index is 0.108. The molecular weight excluding hydrogens is 1010 g/mol. The van der Waals surface area contributed by atoms with Crippen LogP contribution in [-0.4, -0.2) is 37.2 Å². The first-order valence-corrected chi connectivity index (χ1v) is 33.5. The lowest BCUT2D eigenvalue weighted by Gasteiger charge is -2.18. The Morgan fingerprint density at radius 3 is 0.780 bits per heavy atom. The van der Waals surface area contributed by atoms with Gasteiger partial charge in [0.05, 0.1) is 0 Å². The lowest BCUT2D eigenvalue weighted by Crippen LogP contribution is -2.30. The van der Waals surface area contributed by atoms with Gasteiger partial charge in [-0.05, 0) is 148 Å². The second kappa shape index (κ2) is 68.5. The molecule has 6 nitrogen and oxygen atoms in total. The van der Waals surface area contributed by atoms with Crippen LogP contribution in [0.5, 0.6) is 0 Å². The highest BCUT2D eigenvalue weighted by Crippen LogP contribution is 2.15. The van der Waals surface area contributed by atoms with E-state index in [9.17, 15) is 14.4 Å². The summed E-state index contributed by atoms with van der Waals surface area (Å²) in [6.07, 6.45) is 99.6. The van der Waals surface area contributed by atoms with Gasteiger partial charge < -0.3 is 14.2 Å². The van der Waals surface area contributed by atoms with Crippen molar-refractivity contribution < 1.29 is 28.6 Å². The van der Waals surface area contributed by atoms with E-state index in [1.54, 1.807) is 0 Å². The van der Waals surface area contributed by atoms with Gasteiger partial charge in [0.1, 0.15) is 13.2 Å². The molecule has 1 atom stereocenters.